The van der Waals surface area contributed by atoms with Crippen LogP contribution in [-0.4, -0.2) is 37.1 Å². The number of nitrogens with zero attached hydrogens (tertiary/aromatic N) is 1. The summed E-state index contributed by atoms with van der Waals surface area (Å²) in [5.74, 6) is 0. The molecule has 0 aliphatic rings. The van der Waals surface area contributed by atoms with Crippen LogP contribution in [0.2, 0.25) is 0 Å². The number of H-pyrrole nitrogens is 1. The summed E-state index contributed by atoms with van der Waals surface area (Å²) in [6.07, 6.45) is 1.16. The van der Waals surface area contributed by atoms with E-state index >= 15 is 0 Å². The van der Waals surface area contributed by atoms with Gasteiger partial charge in [-0.05, 0) is 57.7 Å². The van der Waals surface area contributed by atoms with Gasteiger partial charge in [-0.3, -0.25) is 0 Å². The minimum absolute atomic E-state index is 0.890. The van der Waals surface area contributed by atoms with E-state index in [2.05, 4.69) is 84.8 Å². The van der Waals surface area contributed by atoms with Gasteiger partial charge < -0.3 is 15.2 Å². The van der Waals surface area contributed by atoms with Crippen LogP contribution in [-0.2, 0) is 6.54 Å². The van der Waals surface area contributed by atoms with Crippen LogP contribution in [0.25, 0.3) is 22.2 Å². The smallest absolute Gasteiger partial charge is 0.0510 e. The van der Waals surface area contributed by atoms with Gasteiger partial charge in [-0.2, -0.15) is 0 Å². The summed E-state index contributed by atoms with van der Waals surface area (Å²) in [5.41, 5.74) is 6.34. The van der Waals surface area contributed by atoms with Crippen LogP contribution < -0.4 is 5.32 Å². The van der Waals surface area contributed by atoms with Gasteiger partial charge >= 0.3 is 0 Å². The first-order valence-corrected chi connectivity index (χ1v) is 8.67. The van der Waals surface area contributed by atoms with Crippen molar-refractivity contribution in [3.63, 3.8) is 0 Å². The van der Waals surface area contributed by atoms with Crippen LogP contribution in [0.5, 0.6) is 0 Å². The van der Waals surface area contributed by atoms with E-state index in [1.165, 1.54) is 33.3 Å². The monoisotopic (exact) mass is 321 g/mol. The van der Waals surface area contributed by atoms with Gasteiger partial charge in [0, 0.05) is 17.4 Å². The zero-order valence-electron chi connectivity index (χ0n) is 14.9. The van der Waals surface area contributed by atoms with E-state index in [0.717, 1.165) is 26.1 Å². The molecule has 0 spiro atoms. The Balaban J connectivity index is 1.84. The van der Waals surface area contributed by atoms with E-state index in [9.17, 15) is 0 Å². The molecule has 3 nitrogen and oxygen atoms in total. The van der Waals surface area contributed by atoms with Crippen molar-refractivity contribution in [3.05, 3.63) is 59.7 Å². The minimum atomic E-state index is 0.890. The number of para-hydroxylation sites is 1. The number of nitrogens with one attached hydrogen (secondary N) is 2. The van der Waals surface area contributed by atoms with E-state index in [4.69, 9.17) is 0 Å². The zero-order valence-corrected chi connectivity index (χ0v) is 14.9. The predicted octanol–water partition coefficient (Wildman–Crippen LogP) is 4.18. The predicted molar refractivity (Wildman–Crippen MR) is 103 cm³/mol. The summed E-state index contributed by atoms with van der Waals surface area (Å²) >= 11 is 0. The number of benzene rings is 2. The molecule has 2 N–H and O–H groups in total. The molecule has 0 aliphatic heterocycles. The summed E-state index contributed by atoms with van der Waals surface area (Å²) in [4.78, 5) is 5.84. The maximum Gasteiger partial charge on any atom is 0.0510 e. The molecule has 0 saturated carbocycles. The van der Waals surface area contributed by atoms with Gasteiger partial charge in [0.15, 0.2) is 0 Å². The highest BCUT2D eigenvalue weighted by atomic mass is 15.1. The normalized spacial score (nSPS) is 11.5. The Morgan fingerprint density at radius 3 is 2.50 bits per heavy atom. The van der Waals surface area contributed by atoms with Crippen molar-refractivity contribution in [2.45, 2.75) is 19.9 Å². The Labute approximate surface area is 144 Å². The molecule has 0 saturated heterocycles. The molecule has 0 bridgehead atoms. The summed E-state index contributed by atoms with van der Waals surface area (Å²) in [6, 6.07) is 17.3. The van der Waals surface area contributed by atoms with Crippen molar-refractivity contribution in [1.29, 1.82) is 0 Å². The maximum absolute atomic E-state index is 3.61. The fourth-order valence-electron chi connectivity index (χ4n) is 3.08. The van der Waals surface area contributed by atoms with Crippen LogP contribution in [0.1, 0.15) is 17.5 Å². The Morgan fingerprint density at radius 1 is 1.00 bits per heavy atom. The average Bonchev–Trinajstić information content (AvgIpc) is 2.94. The molecule has 1 heterocycles. The molecule has 0 atom stereocenters. The molecule has 2 aromatic carbocycles. The summed E-state index contributed by atoms with van der Waals surface area (Å²) in [7, 11) is 4.24. The van der Waals surface area contributed by atoms with Crippen LogP contribution >= 0.6 is 0 Å². The molecule has 3 aromatic rings. The number of rotatable bonds is 7. The fraction of sp³-hybridized carbons (Fsp3) is 0.333. The lowest BCUT2D eigenvalue weighted by Crippen LogP contribution is -2.21. The van der Waals surface area contributed by atoms with Crippen molar-refractivity contribution in [2.75, 3.05) is 27.2 Å². The molecule has 0 aliphatic carbocycles. The minimum Gasteiger partial charge on any atom is -0.354 e. The topological polar surface area (TPSA) is 31.1 Å². The van der Waals surface area contributed by atoms with Crippen LogP contribution in [0, 0.1) is 6.92 Å². The summed E-state index contributed by atoms with van der Waals surface area (Å²) in [6.45, 7) is 5.17. The fourth-order valence-corrected chi connectivity index (χ4v) is 3.08. The van der Waals surface area contributed by atoms with Crippen molar-refractivity contribution in [2.24, 2.45) is 0 Å². The molecule has 0 fully saturated rings. The molecule has 0 amide bonds. The van der Waals surface area contributed by atoms with Gasteiger partial charge in [0.2, 0.25) is 0 Å². The molecule has 0 unspecified atom stereocenters. The molecular formula is C21H27N3. The van der Waals surface area contributed by atoms with E-state index in [1.807, 2.05) is 0 Å². The van der Waals surface area contributed by atoms with Crippen LogP contribution in [0.3, 0.4) is 0 Å². The van der Waals surface area contributed by atoms with E-state index in [0.29, 0.717) is 0 Å². The van der Waals surface area contributed by atoms with Crippen molar-refractivity contribution in [3.8, 4) is 11.3 Å². The van der Waals surface area contributed by atoms with Gasteiger partial charge in [-0.15, -0.1) is 0 Å². The van der Waals surface area contributed by atoms with Gasteiger partial charge in [-0.1, -0.05) is 48.0 Å². The van der Waals surface area contributed by atoms with Gasteiger partial charge in [-0.25, -0.2) is 0 Å². The Bertz CT molecular complexity index is 784. The largest absolute Gasteiger partial charge is 0.354 e. The molecule has 24 heavy (non-hydrogen) atoms. The Hall–Kier alpha value is -2.10. The number of hydrogen-bond donors (Lipinski definition) is 2. The molecule has 0 radical (unpaired) electrons. The van der Waals surface area contributed by atoms with Crippen molar-refractivity contribution in [1.82, 2.24) is 15.2 Å². The lowest BCUT2D eigenvalue weighted by atomic mass is 10.0. The maximum atomic E-state index is 3.61. The molecule has 3 rings (SSSR count). The standard InChI is InChI=1S/C21H27N3/c1-16-9-11-17(12-10-16)21-19(15-22-13-6-14-24(2)3)18-7-4-5-8-20(18)23-21/h4-5,7-12,22-23H,6,13-15H2,1-3H3. The van der Waals surface area contributed by atoms with Crippen LogP contribution in [0.4, 0.5) is 0 Å². The highest BCUT2D eigenvalue weighted by molar-refractivity contribution is 5.90. The van der Waals surface area contributed by atoms with Crippen molar-refractivity contribution >= 4 is 10.9 Å². The first-order chi connectivity index (χ1) is 11.6. The SMILES string of the molecule is Cc1ccc(-c2[nH]c3ccccc3c2CNCCCN(C)C)cc1. The van der Waals surface area contributed by atoms with Crippen molar-refractivity contribution < 1.29 is 0 Å². The van der Waals surface area contributed by atoms with Crippen LogP contribution in [0.15, 0.2) is 48.5 Å². The zero-order chi connectivity index (χ0) is 16.9. The lowest BCUT2D eigenvalue weighted by Gasteiger charge is -2.11. The second-order valence-corrected chi connectivity index (χ2v) is 6.72. The second kappa shape index (κ2) is 7.65. The molecule has 1 aromatic heterocycles. The highest BCUT2D eigenvalue weighted by Gasteiger charge is 2.12. The van der Waals surface area contributed by atoms with E-state index in [1.54, 1.807) is 0 Å². The van der Waals surface area contributed by atoms with E-state index < -0.39 is 0 Å². The first kappa shape index (κ1) is 16.7. The third kappa shape index (κ3) is 3.86. The number of hydrogen-bond acceptors (Lipinski definition) is 2. The Morgan fingerprint density at radius 2 is 1.75 bits per heavy atom. The average molecular weight is 321 g/mol. The number of aryl methyl sites for hydroxylation is 1. The number of aromatic nitrogens is 1. The summed E-state index contributed by atoms with van der Waals surface area (Å²) in [5, 5.41) is 4.92. The van der Waals surface area contributed by atoms with E-state index in [-0.39, 0.29) is 0 Å². The summed E-state index contributed by atoms with van der Waals surface area (Å²) < 4.78 is 0. The Kier molecular flexibility index (Phi) is 5.34. The van der Waals surface area contributed by atoms with Gasteiger partial charge in [0.05, 0.1) is 5.69 Å². The first-order valence-electron chi connectivity index (χ1n) is 8.67. The highest BCUT2D eigenvalue weighted by Crippen LogP contribution is 2.30. The molecular weight excluding hydrogens is 294 g/mol. The second-order valence-electron chi connectivity index (χ2n) is 6.72. The third-order valence-corrected chi connectivity index (χ3v) is 4.41. The van der Waals surface area contributed by atoms with Gasteiger partial charge in [0.25, 0.3) is 0 Å². The quantitative estimate of drug-likeness (QED) is 0.640. The third-order valence-electron chi connectivity index (χ3n) is 4.41. The molecule has 126 valence electrons. The van der Waals surface area contributed by atoms with Gasteiger partial charge in [0.1, 0.15) is 0 Å². The lowest BCUT2D eigenvalue weighted by molar-refractivity contribution is 0.394. The number of fused-ring (bicyclic) bond motifs is 1. The molecule has 3 heteroatoms. The number of aromatic amines is 1.